The number of hydrogen-bond acceptors (Lipinski definition) is 6. The predicted molar refractivity (Wildman–Crippen MR) is 113 cm³/mol. The van der Waals surface area contributed by atoms with Crippen LogP contribution in [0.5, 0.6) is 11.5 Å². The van der Waals surface area contributed by atoms with E-state index in [0.29, 0.717) is 31.1 Å². The van der Waals surface area contributed by atoms with Gasteiger partial charge in [-0.05, 0) is 61.0 Å². The predicted octanol–water partition coefficient (Wildman–Crippen LogP) is 4.33. The lowest BCUT2D eigenvalue weighted by Gasteiger charge is -2.19. The monoisotopic (exact) mass is 442 g/mol. The molecule has 0 radical (unpaired) electrons. The van der Waals surface area contributed by atoms with Crippen LogP contribution in [0.3, 0.4) is 0 Å². The van der Waals surface area contributed by atoms with Crippen molar-refractivity contribution >= 4 is 35.1 Å². The Morgan fingerprint density at radius 2 is 1.94 bits per heavy atom. The number of carbonyl (C=O) groups excluding carboxylic acids is 3. The molecule has 7 nitrogen and oxygen atoms in total. The molecular weight excluding hydrogens is 423 g/mol. The van der Waals surface area contributed by atoms with Crippen LogP contribution in [0.15, 0.2) is 47.4 Å². The molecule has 2 aromatic rings. The molecule has 2 aromatic carbocycles. The molecule has 31 heavy (non-hydrogen) atoms. The fourth-order valence-corrected chi connectivity index (χ4v) is 4.07. The summed E-state index contributed by atoms with van der Waals surface area (Å²) in [7, 11) is 0. The molecule has 1 unspecified atom stereocenters. The summed E-state index contributed by atoms with van der Waals surface area (Å²) < 4.78 is 25.2. The van der Waals surface area contributed by atoms with Gasteiger partial charge in [-0.15, -0.1) is 0 Å². The van der Waals surface area contributed by atoms with Crippen LogP contribution in [0.25, 0.3) is 6.08 Å². The number of carbonyl (C=O) groups is 3. The van der Waals surface area contributed by atoms with Gasteiger partial charge in [0.15, 0.2) is 0 Å². The number of ether oxygens (including phenoxy) is 2. The van der Waals surface area contributed by atoms with Crippen LogP contribution >= 0.6 is 11.8 Å². The van der Waals surface area contributed by atoms with Crippen molar-refractivity contribution in [2.45, 2.75) is 19.4 Å². The van der Waals surface area contributed by atoms with E-state index in [1.807, 2.05) is 19.1 Å². The quantitative estimate of drug-likeness (QED) is 0.671. The van der Waals surface area contributed by atoms with Gasteiger partial charge in [-0.3, -0.25) is 14.9 Å². The van der Waals surface area contributed by atoms with Crippen molar-refractivity contribution in [2.75, 3.05) is 13.2 Å². The number of thioether (sulfide) groups is 1. The summed E-state index contributed by atoms with van der Waals surface area (Å²) in [5, 5.41) is 1.65. The van der Waals surface area contributed by atoms with Crippen LogP contribution in [-0.4, -0.2) is 41.3 Å². The van der Waals surface area contributed by atoms with Crippen molar-refractivity contribution < 1.29 is 28.2 Å². The van der Waals surface area contributed by atoms with Gasteiger partial charge in [-0.1, -0.05) is 12.1 Å². The second kappa shape index (κ2) is 8.81. The van der Waals surface area contributed by atoms with Crippen molar-refractivity contribution in [3.63, 3.8) is 0 Å². The first-order valence-electron chi connectivity index (χ1n) is 9.67. The van der Waals surface area contributed by atoms with E-state index in [0.717, 1.165) is 17.3 Å². The molecule has 160 valence electrons. The molecule has 2 heterocycles. The second-order valence-corrected chi connectivity index (χ2v) is 8.02. The number of likely N-dealkylation sites (N-methyl/N-ethyl adjacent to an activating group) is 1. The Kier molecular flexibility index (Phi) is 5.94. The lowest BCUT2D eigenvalue weighted by atomic mass is 10.1. The molecule has 0 saturated carbocycles. The Labute approximate surface area is 182 Å². The van der Waals surface area contributed by atoms with Crippen molar-refractivity contribution in [3.05, 3.63) is 64.3 Å². The lowest BCUT2D eigenvalue weighted by molar-refractivity contribution is -0.115. The van der Waals surface area contributed by atoms with E-state index in [1.165, 1.54) is 18.2 Å². The standard InChI is InChI=1S/C22H19FN2O5S/c1-2-25-15(12-29-22(25)28)9-13-3-6-16(7-4-13)30-17-8-5-14(18(23)11-17)10-19-20(26)24-21(27)31-19/h3-8,10-11,15H,2,9,12H2,1H3,(H,24,26,27)/b19-10-. The molecule has 1 atom stereocenters. The Bertz CT molecular complexity index is 1070. The maximum Gasteiger partial charge on any atom is 0.410 e. The number of cyclic esters (lactones) is 1. The summed E-state index contributed by atoms with van der Waals surface area (Å²) in [4.78, 5) is 36.3. The van der Waals surface area contributed by atoms with Crippen LogP contribution in [0.2, 0.25) is 0 Å². The zero-order valence-corrected chi connectivity index (χ0v) is 17.4. The molecule has 9 heteroatoms. The SMILES string of the molecule is CCN1C(=O)OCC1Cc1ccc(Oc2ccc(/C=C3\SC(=O)NC3=O)c(F)c2)cc1. The Morgan fingerprint density at radius 3 is 2.58 bits per heavy atom. The molecule has 2 fully saturated rings. The Morgan fingerprint density at radius 1 is 1.19 bits per heavy atom. The van der Waals surface area contributed by atoms with Gasteiger partial charge in [0.1, 0.15) is 23.9 Å². The average Bonchev–Trinajstić information content (AvgIpc) is 3.25. The highest BCUT2D eigenvalue weighted by Crippen LogP contribution is 2.29. The molecule has 0 aliphatic carbocycles. The largest absolute Gasteiger partial charge is 0.457 e. The highest BCUT2D eigenvalue weighted by Gasteiger charge is 2.31. The zero-order valence-electron chi connectivity index (χ0n) is 16.6. The highest BCUT2D eigenvalue weighted by atomic mass is 32.2. The van der Waals surface area contributed by atoms with Gasteiger partial charge in [0.2, 0.25) is 0 Å². The molecule has 2 saturated heterocycles. The van der Waals surface area contributed by atoms with Crippen molar-refractivity contribution in [2.24, 2.45) is 0 Å². The first kappa shape index (κ1) is 20.9. The smallest absolute Gasteiger partial charge is 0.410 e. The van der Waals surface area contributed by atoms with E-state index in [2.05, 4.69) is 5.32 Å². The minimum absolute atomic E-state index is 0.00966. The van der Waals surface area contributed by atoms with Gasteiger partial charge in [0.25, 0.3) is 11.1 Å². The minimum Gasteiger partial charge on any atom is -0.457 e. The number of benzene rings is 2. The van der Waals surface area contributed by atoms with Gasteiger partial charge in [-0.25, -0.2) is 9.18 Å². The highest BCUT2D eigenvalue weighted by molar-refractivity contribution is 8.18. The molecule has 0 spiro atoms. The number of amides is 3. The van der Waals surface area contributed by atoms with E-state index >= 15 is 0 Å². The van der Waals surface area contributed by atoms with Crippen LogP contribution in [-0.2, 0) is 16.0 Å². The summed E-state index contributed by atoms with van der Waals surface area (Å²) >= 11 is 0.732. The summed E-state index contributed by atoms with van der Waals surface area (Å²) in [6.45, 7) is 2.89. The molecule has 0 bridgehead atoms. The molecular formula is C22H19FN2O5S. The van der Waals surface area contributed by atoms with Crippen LogP contribution in [0.1, 0.15) is 18.1 Å². The Hall–Kier alpha value is -3.33. The zero-order chi connectivity index (χ0) is 22.0. The molecule has 1 N–H and O–H groups in total. The topological polar surface area (TPSA) is 84.9 Å². The van der Waals surface area contributed by atoms with Crippen LogP contribution in [0.4, 0.5) is 14.0 Å². The maximum atomic E-state index is 14.4. The number of nitrogens with zero attached hydrogens (tertiary/aromatic N) is 1. The third kappa shape index (κ3) is 4.72. The Balaban J connectivity index is 1.41. The molecule has 4 rings (SSSR count). The van der Waals surface area contributed by atoms with Crippen molar-refractivity contribution in [3.8, 4) is 11.5 Å². The summed E-state index contributed by atoms with van der Waals surface area (Å²) in [5.41, 5.74) is 1.22. The van der Waals surface area contributed by atoms with E-state index in [1.54, 1.807) is 23.1 Å². The third-order valence-electron chi connectivity index (χ3n) is 4.95. The minimum atomic E-state index is -0.570. The van der Waals surface area contributed by atoms with Crippen molar-refractivity contribution in [1.82, 2.24) is 10.2 Å². The fraction of sp³-hybridized carbons (Fsp3) is 0.227. The van der Waals surface area contributed by atoms with Crippen LogP contribution in [0, 0.1) is 5.82 Å². The first-order valence-corrected chi connectivity index (χ1v) is 10.5. The number of rotatable bonds is 6. The van der Waals surface area contributed by atoms with Gasteiger partial charge < -0.3 is 14.4 Å². The van der Waals surface area contributed by atoms with Crippen LogP contribution < -0.4 is 10.1 Å². The summed E-state index contributed by atoms with van der Waals surface area (Å²) in [6.07, 6.45) is 1.72. The number of imide groups is 1. The third-order valence-corrected chi connectivity index (χ3v) is 5.76. The van der Waals surface area contributed by atoms with Crippen molar-refractivity contribution in [1.29, 1.82) is 0 Å². The van der Waals surface area contributed by atoms with E-state index < -0.39 is 17.0 Å². The van der Waals surface area contributed by atoms with Gasteiger partial charge in [-0.2, -0.15) is 0 Å². The second-order valence-electron chi connectivity index (χ2n) is 7.00. The maximum absolute atomic E-state index is 14.4. The first-order chi connectivity index (χ1) is 14.9. The number of hydrogen-bond donors (Lipinski definition) is 1. The fourth-order valence-electron chi connectivity index (χ4n) is 3.40. The van der Waals surface area contributed by atoms with Gasteiger partial charge >= 0.3 is 6.09 Å². The summed E-state index contributed by atoms with van der Waals surface area (Å²) in [5.74, 6) is -0.263. The van der Waals surface area contributed by atoms with Gasteiger partial charge in [0.05, 0.1) is 10.9 Å². The summed E-state index contributed by atoms with van der Waals surface area (Å²) in [6, 6.07) is 11.7. The number of nitrogens with one attached hydrogen (secondary N) is 1. The van der Waals surface area contributed by atoms with E-state index in [-0.39, 0.29) is 22.6 Å². The van der Waals surface area contributed by atoms with Gasteiger partial charge in [0, 0.05) is 18.2 Å². The number of halogens is 1. The van der Waals surface area contributed by atoms with E-state index in [4.69, 9.17) is 9.47 Å². The lowest BCUT2D eigenvalue weighted by Crippen LogP contribution is -2.34. The normalized spacial score (nSPS) is 19.7. The van der Waals surface area contributed by atoms with E-state index in [9.17, 15) is 18.8 Å². The molecule has 0 aromatic heterocycles. The molecule has 2 aliphatic rings. The molecule has 2 aliphatic heterocycles. The molecule has 3 amide bonds. The average molecular weight is 442 g/mol.